The first kappa shape index (κ1) is 20.1. The van der Waals surface area contributed by atoms with Crippen molar-refractivity contribution in [1.82, 2.24) is 15.0 Å². The number of rotatable bonds is 6. The minimum atomic E-state index is -4.44. The second-order valence-corrected chi connectivity index (χ2v) is 7.36. The van der Waals surface area contributed by atoms with Gasteiger partial charge in [0.25, 0.3) is 0 Å². The highest BCUT2D eigenvalue weighted by atomic mass is 19.4. The summed E-state index contributed by atoms with van der Waals surface area (Å²) in [6.07, 6.45) is -2.45. The van der Waals surface area contributed by atoms with Crippen molar-refractivity contribution < 1.29 is 22.5 Å². The van der Waals surface area contributed by atoms with Gasteiger partial charge < -0.3 is 9.42 Å². The number of likely N-dealkylation sites (tertiary alicyclic amines) is 1. The van der Waals surface area contributed by atoms with Gasteiger partial charge in [-0.05, 0) is 30.5 Å². The Morgan fingerprint density at radius 3 is 2.67 bits per heavy atom. The van der Waals surface area contributed by atoms with Crippen molar-refractivity contribution in [2.24, 2.45) is 0 Å². The van der Waals surface area contributed by atoms with E-state index >= 15 is 0 Å². The molecule has 1 unspecified atom stereocenters. The van der Waals surface area contributed by atoms with E-state index in [9.17, 15) is 18.0 Å². The molecule has 1 amide bonds. The van der Waals surface area contributed by atoms with Crippen LogP contribution < -0.4 is 0 Å². The molecule has 8 heteroatoms. The van der Waals surface area contributed by atoms with Gasteiger partial charge in [-0.2, -0.15) is 18.2 Å². The van der Waals surface area contributed by atoms with Crippen molar-refractivity contribution in [1.29, 1.82) is 0 Å². The van der Waals surface area contributed by atoms with E-state index in [2.05, 4.69) is 22.3 Å². The lowest BCUT2D eigenvalue weighted by atomic mass is 10.1. The summed E-state index contributed by atoms with van der Waals surface area (Å²) >= 11 is 0. The Morgan fingerprint density at radius 1 is 1.10 bits per heavy atom. The third-order valence-electron chi connectivity index (χ3n) is 5.19. The Labute approximate surface area is 171 Å². The molecule has 1 fully saturated rings. The first-order valence-electron chi connectivity index (χ1n) is 9.73. The molecule has 0 aliphatic carbocycles. The summed E-state index contributed by atoms with van der Waals surface area (Å²) in [4.78, 5) is 18.4. The van der Waals surface area contributed by atoms with Crippen LogP contribution in [-0.2, 0) is 17.4 Å². The first-order chi connectivity index (χ1) is 14.4. The predicted molar refractivity (Wildman–Crippen MR) is 103 cm³/mol. The van der Waals surface area contributed by atoms with Gasteiger partial charge in [0.05, 0.1) is 11.5 Å². The molecule has 156 valence electrons. The molecule has 2 aromatic carbocycles. The predicted octanol–water partition coefficient (Wildman–Crippen LogP) is 4.70. The fourth-order valence-corrected chi connectivity index (χ4v) is 3.63. The number of aryl methyl sites for hydroxylation is 1. The molecule has 3 aromatic rings. The van der Waals surface area contributed by atoms with E-state index in [1.807, 2.05) is 18.2 Å². The number of benzene rings is 2. The Kier molecular flexibility index (Phi) is 5.57. The molecule has 1 atom stereocenters. The minimum absolute atomic E-state index is 0.0203. The molecule has 0 bridgehead atoms. The van der Waals surface area contributed by atoms with Gasteiger partial charge in [0.2, 0.25) is 17.6 Å². The third kappa shape index (κ3) is 4.53. The summed E-state index contributed by atoms with van der Waals surface area (Å²) < 4.78 is 44.0. The standard InChI is InChI=1S/C22H20F3N3O2/c23-22(24,25)18-10-4-9-16(12-18)20-26-21(30-27-20)17-13-19(29)28(14-17)11-5-8-15-6-2-1-3-7-15/h1-4,6-7,9-10,12,17H,5,8,11,13-14H2. The minimum Gasteiger partial charge on any atom is -0.342 e. The van der Waals surface area contributed by atoms with Crippen LogP contribution in [0.5, 0.6) is 0 Å². The topological polar surface area (TPSA) is 59.2 Å². The van der Waals surface area contributed by atoms with Gasteiger partial charge in [0.1, 0.15) is 0 Å². The highest BCUT2D eigenvalue weighted by molar-refractivity contribution is 5.79. The van der Waals surface area contributed by atoms with Crippen LogP contribution in [0.15, 0.2) is 59.1 Å². The largest absolute Gasteiger partial charge is 0.416 e. The summed E-state index contributed by atoms with van der Waals surface area (Å²) in [5, 5.41) is 3.82. The molecule has 0 saturated carbocycles. The number of hydrogen-bond donors (Lipinski definition) is 0. The van der Waals surface area contributed by atoms with Gasteiger partial charge in [-0.1, -0.05) is 47.6 Å². The lowest BCUT2D eigenvalue weighted by molar-refractivity contribution is -0.137. The van der Waals surface area contributed by atoms with Crippen molar-refractivity contribution in [2.45, 2.75) is 31.4 Å². The molecule has 5 nitrogen and oxygen atoms in total. The number of amides is 1. The molecule has 1 aliphatic rings. The smallest absolute Gasteiger partial charge is 0.342 e. The average Bonchev–Trinajstić information content (AvgIpc) is 3.36. The molecule has 30 heavy (non-hydrogen) atoms. The van der Waals surface area contributed by atoms with Crippen LogP contribution >= 0.6 is 0 Å². The molecule has 0 spiro atoms. The van der Waals surface area contributed by atoms with E-state index in [0.717, 1.165) is 25.0 Å². The fourth-order valence-electron chi connectivity index (χ4n) is 3.63. The van der Waals surface area contributed by atoms with E-state index in [0.29, 0.717) is 13.1 Å². The summed E-state index contributed by atoms with van der Waals surface area (Å²) in [5.74, 6) is 0.139. The van der Waals surface area contributed by atoms with E-state index in [4.69, 9.17) is 4.52 Å². The monoisotopic (exact) mass is 415 g/mol. The van der Waals surface area contributed by atoms with Crippen LogP contribution in [0.25, 0.3) is 11.4 Å². The molecule has 4 rings (SSSR count). The van der Waals surface area contributed by atoms with Gasteiger partial charge in [-0.3, -0.25) is 4.79 Å². The summed E-state index contributed by atoms with van der Waals surface area (Å²) in [6.45, 7) is 1.11. The molecule has 1 aromatic heterocycles. The van der Waals surface area contributed by atoms with Crippen LogP contribution in [0.1, 0.15) is 35.8 Å². The van der Waals surface area contributed by atoms with Crippen LogP contribution in [0.4, 0.5) is 13.2 Å². The van der Waals surface area contributed by atoms with E-state index in [1.54, 1.807) is 4.90 Å². The zero-order valence-corrected chi connectivity index (χ0v) is 16.1. The second kappa shape index (κ2) is 8.30. The lowest BCUT2D eigenvalue weighted by Crippen LogP contribution is -2.26. The molecule has 1 saturated heterocycles. The van der Waals surface area contributed by atoms with Crippen molar-refractivity contribution in [3.8, 4) is 11.4 Å². The maximum absolute atomic E-state index is 12.9. The molecule has 0 N–H and O–H groups in total. The van der Waals surface area contributed by atoms with Crippen molar-refractivity contribution in [3.63, 3.8) is 0 Å². The SMILES string of the molecule is O=C1CC(c2nc(-c3cccc(C(F)(F)F)c3)no2)CN1CCCc1ccccc1. The number of hydrogen-bond acceptors (Lipinski definition) is 4. The quantitative estimate of drug-likeness (QED) is 0.585. The molecule has 1 aliphatic heterocycles. The number of nitrogens with zero attached hydrogens (tertiary/aromatic N) is 3. The number of alkyl halides is 3. The zero-order valence-electron chi connectivity index (χ0n) is 16.1. The van der Waals surface area contributed by atoms with Gasteiger partial charge in [-0.15, -0.1) is 0 Å². The van der Waals surface area contributed by atoms with Crippen LogP contribution in [-0.4, -0.2) is 34.0 Å². The number of aromatic nitrogens is 2. The highest BCUT2D eigenvalue weighted by Gasteiger charge is 2.34. The third-order valence-corrected chi connectivity index (χ3v) is 5.19. The van der Waals surface area contributed by atoms with Crippen LogP contribution in [0.2, 0.25) is 0 Å². The Hall–Kier alpha value is -3.16. The normalized spacial score (nSPS) is 17.0. The Bertz CT molecular complexity index is 1020. The summed E-state index contributed by atoms with van der Waals surface area (Å²) in [7, 11) is 0. The molecular formula is C22H20F3N3O2. The van der Waals surface area contributed by atoms with Gasteiger partial charge in [-0.25, -0.2) is 0 Å². The molecule has 2 heterocycles. The zero-order chi connectivity index (χ0) is 21.1. The highest BCUT2D eigenvalue weighted by Crippen LogP contribution is 2.33. The summed E-state index contributed by atoms with van der Waals surface area (Å²) in [6, 6.07) is 14.9. The fraction of sp³-hybridized carbons (Fsp3) is 0.318. The van der Waals surface area contributed by atoms with Crippen LogP contribution in [0.3, 0.4) is 0 Å². The molecular weight excluding hydrogens is 395 g/mol. The second-order valence-electron chi connectivity index (χ2n) is 7.36. The maximum atomic E-state index is 12.9. The van der Waals surface area contributed by atoms with Gasteiger partial charge in [0.15, 0.2) is 0 Å². The Morgan fingerprint density at radius 2 is 1.90 bits per heavy atom. The summed E-state index contributed by atoms with van der Waals surface area (Å²) in [5.41, 5.74) is 0.680. The molecule has 0 radical (unpaired) electrons. The van der Waals surface area contributed by atoms with E-state index < -0.39 is 11.7 Å². The van der Waals surface area contributed by atoms with E-state index in [1.165, 1.54) is 17.7 Å². The lowest BCUT2D eigenvalue weighted by Gasteiger charge is -2.15. The average molecular weight is 415 g/mol. The maximum Gasteiger partial charge on any atom is 0.416 e. The number of halogens is 3. The van der Waals surface area contributed by atoms with Crippen molar-refractivity contribution in [3.05, 3.63) is 71.6 Å². The van der Waals surface area contributed by atoms with E-state index in [-0.39, 0.29) is 35.5 Å². The first-order valence-corrected chi connectivity index (χ1v) is 9.73. The number of carbonyl (C=O) groups excluding carboxylic acids is 1. The van der Waals surface area contributed by atoms with Gasteiger partial charge >= 0.3 is 6.18 Å². The van der Waals surface area contributed by atoms with Crippen molar-refractivity contribution in [2.75, 3.05) is 13.1 Å². The van der Waals surface area contributed by atoms with Crippen molar-refractivity contribution >= 4 is 5.91 Å². The Balaban J connectivity index is 1.39. The van der Waals surface area contributed by atoms with Crippen LogP contribution in [0, 0.1) is 0 Å². The van der Waals surface area contributed by atoms with Gasteiger partial charge in [0, 0.05) is 25.1 Å². The number of carbonyl (C=O) groups is 1.